The number of nitrogens with zero attached hydrogens (tertiary/aromatic N) is 2. The maximum absolute atomic E-state index is 12.1. The maximum Gasteiger partial charge on any atom is 0.226 e. The molecule has 24 heavy (non-hydrogen) atoms. The summed E-state index contributed by atoms with van der Waals surface area (Å²) in [6, 6.07) is 16.9. The number of aromatic nitrogens is 2. The van der Waals surface area contributed by atoms with Gasteiger partial charge in [0.25, 0.3) is 0 Å². The highest BCUT2D eigenvalue weighted by atomic mass is 16.5. The molecule has 0 fully saturated rings. The summed E-state index contributed by atoms with van der Waals surface area (Å²) in [6.45, 7) is 2.53. The second-order valence-corrected chi connectivity index (χ2v) is 5.52. The van der Waals surface area contributed by atoms with Gasteiger partial charge in [-0.05, 0) is 36.8 Å². The van der Waals surface area contributed by atoms with Crippen molar-refractivity contribution >= 4 is 11.6 Å². The van der Waals surface area contributed by atoms with Gasteiger partial charge in [-0.3, -0.25) is 9.48 Å². The zero-order valence-corrected chi connectivity index (χ0v) is 13.5. The normalized spacial score (nSPS) is 10.4. The molecule has 3 aromatic rings. The molecule has 1 heterocycles. The molecule has 2 aromatic carbocycles. The fourth-order valence-electron chi connectivity index (χ4n) is 2.29. The Labute approximate surface area is 140 Å². The summed E-state index contributed by atoms with van der Waals surface area (Å²) in [6.07, 6.45) is 4.06. The van der Waals surface area contributed by atoms with Crippen LogP contribution in [0.3, 0.4) is 0 Å². The van der Waals surface area contributed by atoms with Crippen LogP contribution in [-0.4, -0.2) is 15.7 Å². The summed E-state index contributed by atoms with van der Waals surface area (Å²) in [7, 11) is 0. The number of amides is 1. The Hall–Kier alpha value is -3.08. The van der Waals surface area contributed by atoms with Crippen molar-refractivity contribution in [3.63, 3.8) is 0 Å². The number of carbonyl (C=O) groups is 1. The number of para-hydroxylation sites is 1. The molecule has 0 bridgehead atoms. The highest BCUT2D eigenvalue weighted by Gasteiger charge is 2.05. The zero-order chi connectivity index (χ0) is 16.8. The largest absolute Gasteiger partial charge is 0.457 e. The van der Waals surface area contributed by atoms with Crippen LogP contribution in [0.15, 0.2) is 67.0 Å². The zero-order valence-electron chi connectivity index (χ0n) is 13.5. The molecule has 3 rings (SSSR count). The Morgan fingerprint density at radius 1 is 1.12 bits per heavy atom. The van der Waals surface area contributed by atoms with Gasteiger partial charge in [-0.1, -0.05) is 24.3 Å². The Morgan fingerprint density at radius 2 is 1.92 bits per heavy atom. The molecule has 0 aliphatic heterocycles. The smallest absolute Gasteiger partial charge is 0.226 e. The summed E-state index contributed by atoms with van der Waals surface area (Å²) in [5, 5.41) is 7.06. The summed E-state index contributed by atoms with van der Waals surface area (Å²) >= 11 is 0. The van der Waals surface area contributed by atoms with Gasteiger partial charge in [0.05, 0.1) is 6.20 Å². The van der Waals surface area contributed by atoms with Gasteiger partial charge in [-0.25, -0.2) is 0 Å². The van der Waals surface area contributed by atoms with Gasteiger partial charge < -0.3 is 10.1 Å². The van der Waals surface area contributed by atoms with E-state index in [2.05, 4.69) is 10.4 Å². The van der Waals surface area contributed by atoms with Crippen LogP contribution < -0.4 is 10.1 Å². The summed E-state index contributed by atoms with van der Waals surface area (Å²) in [5.74, 6) is 1.39. The third-order valence-corrected chi connectivity index (χ3v) is 3.43. The van der Waals surface area contributed by atoms with E-state index in [1.165, 1.54) is 0 Å². The van der Waals surface area contributed by atoms with Crippen molar-refractivity contribution in [3.8, 4) is 11.5 Å². The molecule has 0 aliphatic rings. The third kappa shape index (κ3) is 4.46. The van der Waals surface area contributed by atoms with Gasteiger partial charge in [-0.15, -0.1) is 0 Å². The van der Waals surface area contributed by atoms with Crippen molar-refractivity contribution in [3.05, 3.63) is 72.6 Å². The van der Waals surface area contributed by atoms with Crippen molar-refractivity contribution in [1.82, 2.24) is 9.78 Å². The fraction of sp³-hybridized carbons (Fsp3) is 0.158. The van der Waals surface area contributed by atoms with E-state index in [9.17, 15) is 4.79 Å². The van der Waals surface area contributed by atoms with Crippen LogP contribution >= 0.6 is 0 Å². The van der Waals surface area contributed by atoms with Gasteiger partial charge in [-0.2, -0.15) is 5.10 Å². The molecule has 1 N–H and O–H groups in total. The standard InChI is InChI=1S/C19H19N3O2/c1-15-13-20-22(14-15)11-10-19(23)21-16-6-5-9-18(12-16)24-17-7-3-2-4-8-17/h2-9,12-14H,10-11H2,1H3,(H,21,23). The average molecular weight is 321 g/mol. The van der Waals surface area contributed by atoms with E-state index in [0.29, 0.717) is 24.4 Å². The number of hydrogen-bond acceptors (Lipinski definition) is 3. The first-order valence-corrected chi connectivity index (χ1v) is 7.81. The molecular weight excluding hydrogens is 302 g/mol. The lowest BCUT2D eigenvalue weighted by Gasteiger charge is -2.09. The molecule has 5 heteroatoms. The first-order chi connectivity index (χ1) is 11.7. The van der Waals surface area contributed by atoms with E-state index in [1.54, 1.807) is 10.9 Å². The van der Waals surface area contributed by atoms with Crippen LogP contribution in [0.5, 0.6) is 11.5 Å². The van der Waals surface area contributed by atoms with Crippen LogP contribution in [0.4, 0.5) is 5.69 Å². The lowest BCUT2D eigenvalue weighted by molar-refractivity contribution is -0.116. The first-order valence-electron chi connectivity index (χ1n) is 7.81. The number of rotatable bonds is 6. The van der Waals surface area contributed by atoms with Crippen LogP contribution in [0, 0.1) is 6.92 Å². The molecule has 0 aliphatic carbocycles. The Balaban J connectivity index is 1.56. The van der Waals surface area contributed by atoms with E-state index >= 15 is 0 Å². The molecule has 0 saturated carbocycles. The molecule has 0 radical (unpaired) electrons. The van der Waals surface area contributed by atoms with Crippen LogP contribution in [0.1, 0.15) is 12.0 Å². The second kappa shape index (κ2) is 7.46. The van der Waals surface area contributed by atoms with Crippen LogP contribution in [0.25, 0.3) is 0 Å². The lowest BCUT2D eigenvalue weighted by atomic mass is 10.2. The van der Waals surface area contributed by atoms with Gasteiger partial charge in [0.1, 0.15) is 11.5 Å². The summed E-state index contributed by atoms with van der Waals surface area (Å²) in [5.41, 5.74) is 1.80. The van der Waals surface area contributed by atoms with Crippen molar-refractivity contribution < 1.29 is 9.53 Å². The molecule has 1 aromatic heterocycles. The molecule has 1 amide bonds. The SMILES string of the molecule is Cc1cnn(CCC(=O)Nc2cccc(Oc3ccccc3)c2)c1. The average Bonchev–Trinajstić information content (AvgIpc) is 3.00. The van der Waals surface area contributed by atoms with E-state index in [1.807, 2.05) is 67.7 Å². The maximum atomic E-state index is 12.1. The molecule has 0 saturated heterocycles. The number of anilines is 1. The van der Waals surface area contributed by atoms with Crippen LogP contribution in [-0.2, 0) is 11.3 Å². The minimum atomic E-state index is -0.0555. The van der Waals surface area contributed by atoms with E-state index in [4.69, 9.17) is 4.74 Å². The molecular formula is C19H19N3O2. The van der Waals surface area contributed by atoms with Gasteiger partial charge in [0.2, 0.25) is 5.91 Å². The first kappa shape index (κ1) is 15.8. The van der Waals surface area contributed by atoms with Gasteiger partial charge >= 0.3 is 0 Å². The number of carbonyl (C=O) groups excluding carboxylic acids is 1. The van der Waals surface area contributed by atoms with Crippen molar-refractivity contribution in [2.45, 2.75) is 19.9 Å². The molecule has 0 atom stereocenters. The van der Waals surface area contributed by atoms with Crippen molar-refractivity contribution in [2.24, 2.45) is 0 Å². The number of nitrogens with one attached hydrogen (secondary N) is 1. The number of ether oxygens (including phenoxy) is 1. The number of aryl methyl sites for hydroxylation is 2. The summed E-state index contributed by atoms with van der Waals surface area (Å²) in [4.78, 5) is 12.1. The topological polar surface area (TPSA) is 56.2 Å². The number of benzene rings is 2. The van der Waals surface area contributed by atoms with E-state index < -0.39 is 0 Å². The molecule has 0 spiro atoms. The third-order valence-electron chi connectivity index (χ3n) is 3.43. The van der Waals surface area contributed by atoms with E-state index in [-0.39, 0.29) is 5.91 Å². The Kier molecular flexibility index (Phi) is 4.91. The van der Waals surface area contributed by atoms with Crippen LogP contribution in [0.2, 0.25) is 0 Å². The van der Waals surface area contributed by atoms with Crippen molar-refractivity contribution in [2.75, 3.05) is 5.32 Å². The predicted octanol–water partition coefficient (Wildman–Crippen LogP) is 4.01. The predicted molar refractivity (Wildman–Crippen MR) is 93.2 cm³/mol. The molecule has 5 nitrogen and oxygen atoms in total. The fourth-order valence-corrected chi connectivity index (χ4v) is 2.29. The second-order valence-electron chi connectivity index (χ2n) is 5.52. The highest BCUT2D eigenvalue weighted by Crippen LogP contribution is 2.23. The number of hydrogen-bond donors (Lipinski definition) is 1. The van der Waals surface area contributed by atoms with Gasteiger partial charge in [0.15, 0.2) is 0 Å². The minimum Gasteiger partial charge on any atom is -0.457 e. The minimum absolute atomic E-state index is 0.0555. The Bertz CT molecular complexity index is 812. The molecule has 122 valence electrons. The Morgan fingerprint density at radius 3 is 2.67 bits per heavy atom. The highest BCUT2D eigenvalue weighted by molar-refractivity contribution is 5.90. The summed E-state index contributed by atoms with van der Waals surface area (Å²) < 4.78 is 7.53. The van der Waals surface area contributed by atoms with Gasteiger partial charge in [0, 0.05) is 30.9 Å². The monoisotopic (exact) mass is 321 g/mol. The van der Waals surface area contributed by atoms with E-state index in [0.717, 1.165) is 11.3 Å². The lowest BCUT2D eigenvalue weighted by Crippen LogP contribution is -2.14. The quantitative estimate of drug-likeness (QED) is 0.746. The molecule has 0 unspecified atom stereocenters. The van der Waals surface area contributed by atoms with Crippen molar-refractivity contribution in [1.29, 1.82) is 0 Å².